The molecule has 4 nitrogen and oxygen atoms in total. The van der Waals surface area contributed by atoms with Gasteiger partial charge in [0.25, 0.3) is 0 Å². The van der Waals surface area contributed by atoms with Gasteiger partial charge in [-0.15, -0.1) is 0 Å². The smallest absolute Gasteiger partial charge is 0.185 e. The molecule has 1 fully saturated rings. The van der Waals surface area contributed by atoms with Crippen LogP contribution in [0.3, 0.4) is 0 Å². The maximum Gasteiger partial charge on any atom is 0.185 e. The van der Waals surface area contributed by atoms with Crippen LogP contribution in [-0.2, 0) is 4.74 Å². The van der Waals surface area contributed by atoms with Crippen molar-refractivity contribution in [3.8, 4) is 11.5 Å². The predicted octanol–water partition coefficient (Wildman–Crippen LogP) is 7.64. The molecule has 0 heterocycles. The number of carbonyl (C=O) groups is 1. The van der Waals surface area contributed by atoms with Gasteiger partial charge in [-0.3, -0.25) is 4.79 Å². The third-order valence-electron chi connectivity index (χ3n) is 6.00. The Hall–Kier alpha value is -2.11. The molecule has 5 heteroatoms. The van der Waals surface area contributed by atoms with Crippen LogP contribution in [0.5, 0.6) is 11.5 Å². The number of unbranched alkanes of at least 4 members (excludes halogenated alkanes) is 3. The summed E-state index contributed by atoms with van der Waals surface area (Å²) in [6.45, 7) is 1.89. The molecule has 1 aliphatic rings. The minimum absolute atomic E-state index is 0.0264. The molecular formula is C29H37BrO4. The summed E-state index contributed by atoms with van der Waals surface area (Å²) in [6.07, 6.45) is 14.7. The van der Waals surface area contributed by atoms with Crippen molar-refractivity contribution in [2.45, 2.75) is 63.9 Å². The van der Waals surface area contributed by atoms with Crippen molar-refractivity contribution in [3.05, 3.63) is 65.7 Å². The van der Waals surface area contributed by atoms with E-state index in [0.29, 0.717) is 31.5 Å². The van der Waals surface area contributed by atoms with Crippen molar-refractivity contribution in [3.63, 3.8) is 0 Å². The lowest BCUT2D eigenvalue weighted by molar-refractivity contribution is 0.0129. The standard InChI is InChI=1S/C29H37BrO4/c30-20-6-1-2-7-21-32-28-17-13-25(14-18-28)29(31)19-12-24-10-15-27(16-11-24)34-23-22-33-26-8-4-3-5-9-26/h10-19,26H,1-9,20-23H2. The molecule has 0 spiro atoms. The average molecular weight is 530 g/mol. The van der Waals surface area contributed by atoms with Gasteiger partial charge in [0.1, 0.15) is 18.1 Å². The number of ether oxygens (including phenoxy) is 3. The molecule has 0 bridgehead atoms. The van der Waals surface area contributed by atoms with E-state index in [0.717, 1.165) is 28.8 Å². The van der Waals surface area contributed by atoms with Crippen LogP contribution in [0.15, 0.2) is 54.6 Å². The van der Waals surface area contributed by atoms with E-state index in [-0.39, 0.29) is 5.78 Å². The van der Waals surface area contributed by atoms with E-state index in [4.69, 9.17) is 14.2 Å². The summed E-state index contributed by atoms with van der Waals surface area (Å²) in [5.74, 6) is 1.59. The third-order valence-corrected chi connectivity index (χ3v) is 6.56. The van der Waals surface area contributed by atoms with Gasteiger partial charge in [-0.1, -0.05) is 66.2 Å². The number of halogens is 1. The first kappa shape index (κ1) is 26.5. The largest absolute Gasteiger partial charge is 0.494 e. The fourth-order valence-corrected chi connectivity index (χ4v) is 4.40. The zero-order chi connectivity index (χ0) is 23.8. The van der Waals surface area contributed by atoms with Crippen LogP contribution < -0.4 is 9.47 Å². The first-order chi connectivity index (χ1) is 16.7. The lowest BCUT2D eigenvalue weighted by Gasteiger charge is -2.21. The zero-order valence-electron chi connectivity index (χ0n) is 20.1. The molecule has 0 saturated heterocycles. The topological polar surface area (TPSA) is 44.8 Å². The van der Waals surface area contributed by atoms with Gasteiger partial charge < -0.3 is 14.2 Å². The first-order valence-electron chi connectivity index (χ1n) is 12.6. The van der Waals surface area contributed by atoms with Crippen molar-refractivity contribution in [1.82, 2.24) is 0 Å². The van der Waals surface area contributed by atoms with Crippen molar-refractivity contribution in [2.75, 3.05) is 25.2 Å². The maximum atomic E-state index is 12.5. The van der Waals surface area contributed by atoms with Crippen LogP contribution in [0.1, 0.15) is 73.7 Å². The summed E-state index contributed by atoms with van der Waals surface area (Å²) in [6, 6.07) is 15.1. The minimum Gasteiger partial charge on any atom is -0.494 e. The van der Waals surface area contributed by atoms with Gasteiger partial charge in [0.05, 0.1) is 19.3 Å². The zero-order valence-corrected chi connectivity index (χ0v) is 21.6. The average Bonchev–Trinajstić information content (AvgIpc) is 2.89. The van der Waals surface area contributed by atoms with Gasteiger partial charge in [0.2, 0.25) is 0 Å². The van der Waals surface area contributed by atoms with Crippen LogP contribution >= 0.6 is 15.9 Å². The van der Waals surface area contributed by atoms with Crippen LogP contribution in [0, 0.1) is 0 Å². The van der Waals surface area contributed by atoms with E-state index in [1.807, 2.05) is 54.6 Å². The molecule has 2 aromatic carbocycles. The number of carbonyl (C=O) groups excluding carboxylic acids is 1. The van der Waals surface area contributed by atoms with Gasteiger partial charge in [0, 0.05) is 10.9 Å². The predicted molar refractivity (Wildman–Crippen MR) is 142 cm³/mol. The minimum atomic E-state index is -0.0264. The van der Waals surface area contributed by atoms with Gasteiger partial charge in [-0.05, 0) is 73.7 Å². The Labute approximate surface area is 212 Å². The molecule has 184 valence electrons. The highest BCUT2D eigenvalue weighted by atomic mass is 79.9. The monoisotopic (exact) mass is 528 g/mol. The molecule has 0 aliphatic heterocycles. The first-order valence-corrected chi connectivity index (χ1v) is 13.7. The van der Waals surface area contributed by atoms with E-state index in [1.165, 1.54) is 51.4 Å². The van der Waals surface area contributed by atoms with Gasteiger partial charge in [0.15, 0.2) is 5.78 Å². The van der Waals surface area contributed by atoms with Crippen molar-refractivity contribution >= 4 is 27.8 Å². The van der Waals surface area contributed by atoms with Crippen LogP contribution in [0.25, 0.3) is 6.08 Å². The van der Waals surface area contributed by atoms with Crippen LogP contribution in [0.2, 0.25) is 0 Å². The molecule has 0 atom stereocenters. The maximum absolute atomic E-state index is 12.5. The highest BCUT2D eigenvalue weighted by molar-refractivity contribution is 9.09. The summed E-state index contributed by atoms with van der Waals surface area (Å²) >= 11 is 3.45. The van der Waals surface area contributed by atoms with Crippen LogP contribution in [-0.4, -0.2) is 37.0 Å². The number of hydrogen-bond acceptors (Lipinski definition) is 4. The quantitative estimate of drug-likeness (QED) is 0.103. The molecule has 34 heavy (non-hydrogen) atoms. The van der Waals surface area contributed by atoms with E-state index in [1.54, 1.807) is 6.08 Å². The SMILES string of the molecule is O=C(C=Cc1ccc(OCCOC2CCCCC2)cc1)c1ccc(OCCCCCCBr)cc1. The molecule has 0 amide bonds. The Morgan fingerprint density at radius 1 is 0.794 bits per heavy atom. The van der Waals surface area contributed by atoms with Crippen molar-refractivity contribution in [1.29, 1.82) is 0 Å². The lowest BCUT2D eigenvalue weighted by Crippen LogP contribution is -2.19. The molecule has 0 N–H and O–H groups in total. The van der Waals surface area contributed by atoms with Gasteiger partial charge in [-0.2, -0.15) is 0 Å². The summed E-state index contributed by atoms with van der Waals surface area (Å²) in [7, 11) is 0. The summed E-state index contributed by atoms with van der Waals surface area (Å²) in [5, 5.41) is 1.06. The van der Waals surface area contributed by atoms with E-state index in [9.17, 15) is 4.79 Å². The Morgan fingerprint density at radius 3 is 2.15 bits per heavy atom. The number of allylic oxidation sites excluding steroid dienone is 1. The van der Waals surface area contributed by atoms with E-state index in [2.05, 4.69) is 15.9 Å². The molecule has 1 aliphatic carbocycles. The third kappa shape index (κ3) is 10.0. The van der Waals surface area contributed by atoms with Crippen molar-refractivity contribution in [2.24, 2.45) is 0 Å². The van der Waals surface area contributed by atoms with Gasteiger partial charge in [-0.25, -0.2) is 0 Å². The number of alkyl halides is 1. The summed E-state index contributed by atoms with van der Waals surface area (Å²) in [5.41, 5.74) is 1.61. The number of hydrogen-bond donors (Lipinski definition) is 0. The van der Waals surface area contributed by atoms with Crippen LogP contribution in [0.4, 0.5) is 0 Å². The Morgan fingerprint density at radius 2 is 1.44 bits per heavy atom. The molecule has 0 aromatic heterocycles. The second kappa shape index (κ2) is 15.7. The van der Waals surface area contributed by atoms with Gasteiger partial charge >= 0.3 is 0 Å². The fourth-order valence-electron chi connectivity index (χ4n) is 4.00. The molecule has 3 rings (SSSR count). The van der Waals surface area contributed by atoms with Crippen molar-refractivity contribution < 1.29 is 19.0 Å². The molecule has 0 unspecified atom stereocenters. The Kier molecular flexibility index (Phi) is 12.3. The second-order valence-corrected chi connectivity index (χ2v) is 9.51. The Balaban J connectivity index is 1.35. The number of rotatable bonds is 15. The fraction of sp³-hybridized carbons (Fsp3) is 0.483. The number of ketones is 1. The highest BCUT2D eigenvalue weighted by Gasteiger charge is 2.13. The summed E-state index contributed by atoms with van der Waals surface area (Å²) < 4.78 is 17.4. The number of benzene rings is 2. The Bertz CT molecular complexity index is 855. The highest BCUT2D eigenvalue weighted by Crippen LogP contribution is 2.20. The molecule has 2 aromatic rings. The van der Waals surface area contributed by atoms with E-state index >= 15 is 0 Å². The summed E-state index contributed by atoms with van der Waals surface area (Å²) in [4.78, 5) is 12.5. The molecular weight excluding hydrogens is 492 g/mol. The molecule has 1 saturated carbocycles. The molecule has 0 radical (unpaired) electrons. The normalized spacial score (nSPS) is 14.4. The second-order valence-electron chi connectivity index (χ2n) is 8.72. The lowest BCUT2D eigenvalue weighted by atomic mass is 9.98. The van der Waals surface area contributed by atoms with E-state index < -0.39 is 0 Å².